The molecule has 0 aromatic heterocycles. The number of benzene rings is 1. The molecule has 0 saturated heterocycles. The molecule has 0 heterocycles. The molecule has 0 bridgehead atoms. The molecule has 3 aliphatic rings. The molecule has 11 heteroatoms. The summed E-state index contributed by atoms with van der Waals surface area (Å²) >= 11 is 0. The maximum absolute atomic E-state index is 13.1. The second-order valence-corrected chi connectivity index (χ2v) is 13.8. The maximum Gasteiger partial charge on any atom is 0.331 e. The highest BCUT2D eigenvalue weighted by Gasteiger charge is 2.72. The Kier molecular flexibility index (Phi) is 10.4. The van der Waals surface area contributed by atoms with Crippen LogP contribution in [0, 0.1) is 16.7 Å². The number of aliphatic hydroxyl groups is 1. The van der Waals surface area contributed by atoms with E-state index in [0.29, 0.717) is 16.7 Å². The minimum Gasteiger partial charge on any atom is -0.461 e. The Morgan fingerprint density at radius 1 is 0.854 bits per heavy atom. The lowest BCUT2D eigenvalue weighted by molar-refractivity contribution is -0.192. The zero-order valence-corrected chi connectivity index (χ0v) is 28.9. The highest BCUT2D eigenvalue weighted by molar-refractivity contribution is 5.87. The van der Waals surface area contributed by atoms with Gasteiger partial charge in [0.2, 0.25) is 0 Å². The Hall–Kier alpha value is -4.25. The van der Waals surface area contributed by atoms with Crippen molar-refractivity contribution >= 4 is 35.9 Å². The van der Waals surface area contributed by atoms with Crippen LogP contribution in [0.2, 0.25) is 0 Å². The van der Waals surface area contributed by atoms with Crippen LogP contribution in [0.1, 0.15) is 80.2 Å². The molecule has 0 amide bonds. The first-order valence-electron chi connectivity index (χ1n) is 16.1. The summed E-state index contributed by atoms with van der Waals surface area (Å²) in [5.74, 6) is -4.14. The lowest BCUT2D eigenvalue weighted by Gasteiger charge is -2.54. The number of carbonyl (C=O) groups is 5. The predicted molar refractivity (Wildman–Crippen MR) is 174 cm³/mol. The minimum atomic E-state index is -1.72. The van der Waals surface area contributed by atoms with Gasteiger partial charge in [-0.1, -0.05) is 43.8 Å². The molecule has 1 N–H and O–H groups in total. The summed E-state index contributed by atoms with van der Waals surface area (Å²) in [6.45, 7) is 15.9. The van der Waals surface area contributed by atoms with Gasteiger partial charge in [-0.2, -0.15) is 0 Å². The minimum absolute atomic E-state index is 0.0517. The van der Waals surface area contributed by atoms with E-state index in [1.54, 1.807) is 26.8 Å². The van der Waals surface area contributed by atoms with Crippen molar-refractivity contribution in [3.05, 3.63) is 65.3 Å². The van der Waals surface area contributed by atoms with Crippen molar-refractivity contribution in [3.8, 4) is 0 Å². The van der Waals surface area contributed by atoms with E-state index in [0.717, 1.165) is 5.56 Å². The lowest BCUT2D eigenvalue weighted by Crippen LogP contribution is -2.60. The van der Waals surface area contributed by atoms with Crippen LogP contribution >= 0.6 is 0 Å². The van der Waals surface area contributed by atoms with Gasteiger partial charge in [0.05, 0.1) is 11.0 Å². The summed E-state index contributed by atoms with van der Waals surface area (Å²) in [7, 11) is 0. The van der Waals surface area contributed by atoms with E-state index < -0.39 is 82.7 Å². The van der Waals surface area contributed by atoms with Crippen LogP contribution < -0.4 is 0 Å². The molecule has 0 radical (unpaired) electrons. The van der Waals surface area contributed by atoms with E-state index in [1.165, 1.54) is 33.8 Å². The number of hydrogen-bond acceptors (Lipinski definition) is 11. The second-order valence-electron chi connectivity index (χ2n) is 13.8. The largest absolute Gasteiger partial charge is 0.461 e. The summed E-state index contributed by atoms with van der Waals surface area (Å²) in [6, 6.07) is 9.23. The Morgan fingerprint density at radius 3 is 1.96 bits per heavy atom. The van der Waals surface area contributed by atoms with Gasteiger partial charge < -0.3 is 28.8 Å². The first-order chi connectivity index (χ1) is 22.3. The molecular formula is C37H46O11. The molecule has 8 atom stereocenters. The summed E-state index contributed by atoms with van der Waals surface area (Å²) < 4.78 is 30.0. The van der Waals surface area contributed by atoms with Gasteiger partial charge in [-0.3, -0.25) is 19.2 Å². The molecule has 3 aliphatic carbocycles. The molecule has 0 aliphatic heterocycles. The lowest BCUT2D eigenvalue weighted by atomic mass is 9.55. The fourth-order valence-electron chi connectivity index (χ4n) is 8.20. The standard InChI is InChI=1S/C37H46O11/c1-20-27(48-29(42)16-15-26-13-11-10-12-14-26)17-18-36(9)31(20)33(46-24(5)40)37(35(7,8)43)19-28(44-22(3)38)21(2)30(37)32(45-23(4)39)34(36)47-25(6)41/h10-16,27-28,31-34,43H,1,17-19H2,2-9H3/t27-,28-,31?,32-,33+,34+,36+,37-/m0/s1. The van der Waals surface area contributed by atoms with E-state index in [9.17, 15) is 29.1 Å². The molecule has 48 heavy (non-hydrogen) atoms. The van der Waals surface area contributed by atoms with Crippen molar-refractivity contribution in [2.24, 2.45) is 16.7 Å². The van der Waals surface area contributed by atoms with Crippen molar-refractivity contribution in [3.63, 3.8) is 0 Å². The predicted octanol–water partition coefficient (Wildman–Crippen LogP) is 4.80. The summed E-state index contributed by atoms with van der Waals surface area (Å²) in [6.07, 6.45) is -2.01. The van der Waals surface area contributed by atoms with E-state index in [1.807, 2.05) is 37.3 Å². The SMILES string of the molecule is C=C1C2[C@@H](OC(C)=O)[C@]3(C(C)(C)O)C[C@H](OC(C)=O)C(C)=C3[C@H](OC(C)=O)[C@@H](OC(C)=O)[C@]2(C)CC[C@@H]1OC(=O)C=Cc1ccccc1. The normalized spacial score (nSPS) is 31.6. The van der Waals surface area contributed by atoms with Crippen molar-refractivity contribution in [1.82, 2.24) is 0 Å². The second kappa shape index (κ2) is 13.7. The van der Waals surface area contributed by atoms with E-state index in [-0.39, 0.29) is 19.3 Å². The van der Waals surface area contributed by atoms with Gasteiger partial charge in [0.1, 0.15) is 24.4 Å². The highest BCUT2D eigenvalue weighted by atomic mass is 16.6. The van der Waals surface area contributed by atoms with E-state index >= 15 is 0 Å². The number of fused-ring (bicyclic) bond motifs is 2. The molecule has 1 unspecified atom stereocenters. The van der Waals surface area contributed by atoms with Gasteiger partial charge in [0, 0.05) is 51.5 Å². The smallest absolute Gasteiger partial charge is 0.331 e. The van der Waals surface area contributed by atoms with Crippen LogP contribution in [0.25, 0.3) is 6.08 Å². The van der Waals surface area contributed by atoms with Gasteiger partial charge >= 0.3 is 29.8 Å². The Morgan fingerprint density at radius 2 is 1.42 bits per heavy atom. The molecule has 4 rings (SSSR count). The zero-order chi connectivity index (χ0) is 35.8. The Bertz CT molecular complexity index is 1530. The molecule has 1 aromatic carbocycles. The molecule has 260 valence electrons. The van der Waals surface area contributed by atoms with Crippen molar-refractivity contribution in [2.75, 3.05) is 0 Å². The van der Waals surface area contributed by atoms with E-state index in [2.05, 4.69) is 6.58 Å². The van der Waals surface area contributed by atoms with Crippen molar-refractivity contribution in [2.45, 2.75) is 111 Å². The van der Waals surface area contributed by atoms with Gasteiger partial charge in [-0.05, 0) is 62.0 Å². The number of ether oxygens (including phenoxy) is 5. The van der Waals surface area contributed by atoms with Gasteiger partial charge in [0.15, 0.2) is 6.10 Å². The Balaban J connectivity index is 1.96. The summed E-state index contributed by atoms with van der Waals surface area (Å²) in [5.41, 5.74) is -2.44. The van der Waals surface area contributed by atoms with E-state index in [4.69, 9.17) is 23.7 Å². The molecule has 11 nitrogen and oxygen atoms in total. The average Bonchev–Trinajstić information content (AvgIpc) is 3.23. The van der Waals surface area contributed by atoms with Crippen LogP contribution in [0.15, 0.2) is 59.7 Å². The zero-order valence-electron chi connectivity index (χ0n) is 28.9. The van der Waals surface area contributed by atoms with Crippen LogP contribution in [0.3, 0.4) is 0 Å². The van der Waals surface area contributed by atoms with Crippen molar-refractivity contribution in [1.29, 1.82) is 0 Å². The molecule has 2 saturated carbocycles. The molecular weight excluding hydrogens is 620 g/mol. The number of rotatable bonds is 8. The molecule has 1 aromatic rings. The fraction of sp³-hybridized carbons (Fsp3) is 0.541. The average molecular weight is 667 g/mol. The third kappa shape index (κ3) is 6.83. The van der Waals surface area contributed by atoms with Crippen LogP contribution in [0.4, 0.5) is 0 Å². The number of esters is 5. The Labute approximate surface area is 281 Å². The maximum atomic E-state index is 13.1. The highest BCUT2D eigenvalue weighted by Crippen LogP contribution is 2.66. The van der Waals surface area contributed by atoms with Crippen LogP contribution in [-0.2, 0) is 47.7 Å². The summed E-state index contributed by atoms with van der Waals surface area (Å²) in [4.78, 5) is 64.0. The third-order valence-electron chi connectivity index (χ3n) is 10.1. The first-order valence-corrected chi connectivity index (χ1v) is 16.1. The first kappa shape index (κ1) is 36.6. The van der Waals surface area contributed by atoms with Gasteiger partial charge in [-0.15, -0.1) is 0 Å². The van der Waals surface area contributed by atoms with Crippen molar-refractivity contribution < 1.29 is 52.8 Å². The van der Waals surface area contributed by atoms with Gasteiger partial charge in [-0.25, -0.2) is 4.79 Å². The quantitative estimate of drug-likeness (QED) is 0.176. The van der Waals surface area contributed by atoms with Crippen LogP contribution in [-0.4, -0.2) is 71.1 Å². The topological polar surface area (TPSA) is 152 Å². The summed E-state index contributed by atoms with van der Waals surface area (Å²) in [5, 5.41) is 12.2. The van der Waals surface area contributed by atoms with Crippen LogP contribution in [0.5, 0.6) is 0 Å². The monoisotopic (exact) mass is 666 g/mol. The third-order valence-corrected chi connectivity index (χ3v) is 10.1. The number of hydrogen-bond donors (Lipinski definition) is 1. The number of carbonyl (C=O) groups excluding carboxylic acids is 5. The van der Waals surface area contributed by atoms with Gasteiger partial charge in [0.25, 0.3) is 0 Å². The fourth-order valence-corrected chi connectivity index (χ4v) is 8.20. The molecule has 2 fully saturated rings. The molecule has 0 spiro atoms.